The van der Waals surface area contributed by atoms with Gasteiger partial charge in [-0.2, -0.15) is 0 Å². The highest BCUT2D eigenvalue weighted by Gasteiger charge is 2.37. The van der Waals surface area contributed by atoms with Gasteiger partial charge in [-0.15, -0.1) is 0 Å². The summed E-state index contributed by atoms with van der Waals surface area (Å²) in [6.07, 6.45) is 11.4. The van der Waals surface area contributed by atoms with E-state index in [1.807, 2.05) is 53.5 Å². The van der Waals surface area contributed by atoms with Gasteiger partial charge in [0.15, 0.2) is 0 Å². The predicted octanol–water partition coefficient (Wildman–Crippen LogP) is 5.83. The molecule has 0 unspecified atom stereocenters. The summed E-state index contributed by atoms with van der Waals surface area (Å²) in [5.41, 5.74) is 1.76. The van der Waals surface area contributed by atoms with E-state index in [0.717, 1.165) is 24.1 Å². The summed E-state index contributed by atoms with van der Waals surface area (Å²) in [5.74, 6) is 0.0672. The lowest BCUT2D eigenvalue weighted by atomic mass is 10.0. The number of para-hydroxylation sites is 1. The largest absolute Gasteiger partial charge is 0.549 e. The minimum Gasteiger partial charge on any atom is -0.549 e. The Bertz CT molecular complexity index is 697. The lowest BCUT2D eigenvalue weighted by Crippen LogP contribution is -2.39. The molecule has 0 saturated heterocycles. The smallest absolute Gasteiger partial charge is 0.254 e. The quantitative estimate of drug-likeness (QED) is 0.466. The maximum absolute atomic E-state index is 13.0. The molecule has 0 fully saturated rings. The zero-order chi connectivity index (χ0) is 19.2. The van der Waals surface area contributed by atoms with Crippen LogP contribution in [0.5, 0.6) is 0 Å². The van der Waals surface area contributed by atoms with Crippen molar-refractivity contribution in [2.75, 3.05) is 11.4 Å². The van der Waals surface area contributed by atoms with E-state index in [-0.39, 0.29) is 10.9 Å². The van der Waals surface area contributed by atoms with Gasteiger partial charge in [0.1, 0.15) is 0 Å². The van der Waals surface area contributed by atoms with E-state index in [1.165, 1.54) is 0 Å². The number of allylic oxidation sites excluding steroid dienone is 3. The van der Waals surface area contributed by atoms with Crippen LogP contribution in [0, 0.1) is 0 Å². The fourth-order valence-electron chi connectivity index (χ4n) is 2.41. The molecule has 0 heterocycles. The van der Waals surface area contributed by atoms with E-state index in [1.54, 1.807) is 6.26 Å². The molecule has 0 N–H and O–H groups in total. The van der Waals surface area contributed by atoms with Crippen LogP contribution < -0.4 is 4.90 Å². The molecular weight excluding hydrogens is 338 g/mol. The van der Waals surface area contributed by atoms with Gasteiger partial charge in [-0.25, -0.2) is 0 Å². The molecule has 0 radical (unpaired) electrons. The molecule has 0 saturated carbocycles. The highest BCUT2D eigenvalue weighted by Crippen LogP contribution is 2.36. The van der Waals surface area contributed by atoms with Crippen LogP contribution in [0.15, 0.2) is 66.5 Å². The maximum atomic E-state index is 13.0. The summed E-state index contributed by atoms with van der Waals surface area (Å²) in [4.78, 5) is 14.8. The normalized spacial score (nSPS) is 15.0. The van der Waals surface area contributed by atoms with Crippen LogP contribution >= 0.6 is 0 Å². The van der Waals surface area contributed by atoms with Crippen molar-refractivity contribution in [1.29, 1.82) is 0 Å². The Morgan fingerprint density at radius 1 is 1.23 bits per heavy atom. The topological polar surface area (TPSA) is 29.5 Å². The minimum absolute atomic E-state index is 0.0672. The number of benzene rings is 1. The first-order valence-corrected chi connectivity index (χ1v) is 12.2. The van der Waals surface area contributed by atoms with Gasteiger partial charge in [0, 0.05) is 17.8 Å². The standard InChI is InChI=1S/C22H31NO2Si/c1-22(2,3)26(4,5)25-18-12-17-23(20-15-10-7-11-16-20)21(24)19-13-8-6-9-14-19/h6-8,10-13,15-16,18H,9,14,17H2,1-5H3/b18-12+. The van der Waals surface area contributed by atoms with Crippen LogP contribution in [-0.4, -0.2) is 20.8 Å². The first kappa shape index (κ1) is 20.2. The second-order valence-corrected chi connectivity index (χ2v) is 12.9. The van der Waals surface area contributed by atoms with Crippen LogP contribution in [0.25, 0.3) is 0 Å². The van der Waals surface area contributed by atoms with Crippen molar-refractivity contribution < 1.29 is 9.22 Å². The van der Waals surface area contributed by atoms with Crippen molar-refractivity contribution in [3.63, 3.8) is 0 Å². The molecule has 1 aromatic rings. The molecule has 1 aromatic carbocycles. The molecule has 0 aromatic heterocycles. The summed E-state index contributed by atoms with van der Waals surface area (Å²) < 4.78 is 6.10. The lowest BCUT2D eigenvalue weighted by Gasteiger charge is -2.35. The average Bonchev–Trinajstić information content (AvgIpc) is 2.62. The number of carbonyl (C=O) groups is 1. The molecule has 3 nitrogen and oxygen atoms in total. The van der Waals surface area contributed by atoms with E-state index < -0.39 is 8.32 Å². The third-order valence-corrected chi connectivity index (χ3v) is 9.49. The Balaban J connectivity index is 2.13. The second kappa shape index (κ2) is 8.54. The molecular formula is C22H31NO2Si. The predicted molar refractivity (Wildman–Crippen MR) is 113 cm³/mol. The molecule has 1 aliphatic carbocycles. The number of rotatable bonds is 6. The maximum Gasteiger partial charge on any atom is 0.254 e. The van der Waals surface area contributed by atoms with E-state index >= 15 is 0 Å². The molecule has 0 atom stereocenters. The van der Waals surface area contributed by atoms with Crippen molar-refractivity contribution >= 4 is 19.9 Å². The summed E-state index contributed by atoms with van der Waals surface area (Å²) in [7, 11) is -1.83. The Kier molecular flexibility index (Phi) is 6.65. The van der Waals surface area contributed by atoms with Crippen LogP contribution in [0.4, 0.5) is 5.69 Å². The first-order valence-electron chi connectivity index (χ1n) is 9.28. The van der Waals surface area contributed by atoms with Gasteiger partial charge in [0.25, 0.3) is 5.91 Å². The first-order chi connectivity index (χ1) is 12.2. The SMILES string of the molecule is CC(C)(C)[Si](C)(C)O/C=C/CN(C(=O)C1=CC=CCC1)c1ccccc1. The zero-order valence-electron chi connectivity index (χ0n) is 16.7. The average molecular weight is 370 g/mol. The fraction of sp³-hybridized carbons (Fsp3) is 0.409. The third kappa shape index (κ3) is 5.21. The van der Waals surface area contributed by atoms with Gasteiger partial charge in [0.2, 0.25) is 8.32 Å². The van der Waals surface area contributed by atoms with Crippen molar-refractivity contribution in [2.45, 2.75) is 51.7 Å². The molecule has 140 valence electrons. The van der Waals surface area contributed by atoms with Gasteiger partial charge in [-0.3, -0.25) is 4.79 Å². The Morgan fingerprint density at radius 3 is 2.50 bits per heavy atom. The fourth-order valence-corrected chi connectivity index (χ4v) is 3.20. The highest BCUT2D eigenvalue weighted by atomic mass is 28.4. The van der Waals surface area contributed by atoms with E-state index in [4.69, 9.17) is 4.43 Å². The molecule has 0 spiro atoms. The summed E-state index contributed by atoms with van der Waals surface area (Å²) in [6, 6.07) is 9.83. The van der Waals surface area contributed by atoms with Crippen molar-refractivity contribution in [3.8, 4) is 0 Å². The highest BCUT2D eigenvalue weighted by molar-refractivity contribution is 6.74. The van der Waals surface area contributed by atoms with Crippen LogP contribution in [0.1, 0.15) is 33.6 Å². The molecule has 1 amide bonds. The number of anilines is 1. The Hall–Kier alpha value is -2.07. The molecule has 2 rings (SSSR count). The van der Waals surface area contributed by atoms with Gasteiger partial charge in [-0.05, 0) is 49.2 Å². The monoisotopic (exact) mass is 369 g/mol. The van der Waals surface area contributed by atoms with E-state index in [9.17, 15) is 4.79 Å². The van der Waals surface area contributed by atoms with Gasteiger partial charge in [0.05, 0.1) is 6.26 Å². The third-order valence-electron chi connectivity index (χ3n) is 5.15. The molecule has 0 bridgehead atoms. The molecule has 26 heavy (non-hydrogen) atoms. The van der Waals surface area contributed by atoms with Crippen LogP contribution in [-0.2, 0) is 9.22 Å². The Morgan fingerprint density at radius 2 is 1.92 bits per heavy atom. The summed E-state index contributed by atoms with van der Waals surface area (Å²) in [6.45, 7) is 11.6. The molecule has 1 aliphatic rings. The van der Waals surface area contributed by atoms with Gasteiger partial charge in [-0.1, -0.05) is 57.2 Å². The minimum atomic E-state index is -1.83. The van der Waals surface area contributed by atoms with E-state index in [2.05, 4.69) is 39.9 Å². The van der Waals surface area contributed by atoms with Crippen molar-refractivity contribution in [3.05, 3.63) is 66.5 Å². The number of hydrogen-bond acceptors (Lipinski definition) is 2. The summed E-state index contributed by atoms with van der Waals surface area (Å²) in [5, 5.41) is 0.158. The molecule has 4 heteroatoms. The van der Waals surface area contributed by atoms with Crippen molar-refractivity contribution in [2.24, 2.45) is 0 Å². The van der Waals surface area contributed by atoms with Crippen LogP contribution in [0.3, 0.4) is 0 Å². The zero-order valence-corrected chi connectivity index (χ0v) is 17.7. The number of hydrogen-bond donors (Lipinski definition) is 0. The van der Waals surface area contributed by atoms with Crippen molar-refractivity contribution in [1.82, 2.24) is 0 Å². The number of carbonyl (C=O) groups excluding carboxylic acids is 1. The van der Waals surface area contributed by atoms with Gasteiger partial charge < -0.3 is 9.33 Å². The Labute approximate surface area is 159 Å². The summed E-state index contributed by atoms with van der Waals surface area (Å²) >= 11 is 0. The van der Waals surface area contributed by atoms with Gasteiger partial charge >= 0.3 is 0 Å². The lowest BCUT2D eigenvalue weighted by molar-refractivity contribution is -0.115. The number of amides is 1. The number of nitrogens with zero attached hydrogens (tertiary/aromatic N) is 1. The van der Waals surface area contributed by atoms with E-state index in [0.29, 0.717) is 6.54 Å². The molecule has 0 aliphatic heterocycles. The second-order valence-electron chi connectivity index (χ2n) is 8.16. The van der Waals surface area contributed by atoms with Crippen LogP contribution in [0.2, 0.25) is 18.1 Å².